The summed E-state index contributed by atoms with van der Waals surface area (Å²) in [6.07, 6.45) is 0. The van der Waals surface area contributed by atoms with Crippen LogP contribution in [0.5, 0.6) is 0 Å². The minimum absolute atomic E-state index is 0.0671. The SMILES string of the molecule is COCCN(C)CC(N)c1ccc(C)cc1C. The van der Waals surface area contributed by atoms with Crippen LogP contribution in [0, 0.1) is 13.8 Å². The fourth-order valence-electron chi connectivity index (χ4n) is 2.01. The van der Waals surface area contributed by atoms with E-state index >= 15 is 0 Å². The van der Waals surface area contributed by atoms with Crippen LogP contribution >= 0.6 is 0 Å². The van der Waals surface area contributed by atoms with Gasteiger partial charge in [0.05, 0.1) is 6.61 Å². The van der Waals surface area contributed by atoms with Crippen molar-refractivity contribution in [2.75, 3.05) is 33.9 Å². The van der Waals surface area contributed by atoms with Gasteiger partial charge in [0.2, 0.25) is 0 Å². The first-order valence-corrected chi connectivity index (χ1v) is 6.04. The summed E-state index contributed by atoms with van der Waals surface area (Å²) in [5.41, 5.74) is 10.0. The summed E-state index contributed by atoms with van der Waals surface area (Å²) >= 11 is 0. The summed E-state index contributed by atoms with van der Waals surface area (Å²) in [5, 5.41) is 0. The van der Waals surface area contributed by atoms with Crippen molar-refractivity contribution in [1.82, 2.24) is 4.90 Å². The predicted octanol–water partition coefficient (Wildman–Crippen LogP) is 1.88. The van der Waals surface area contributed by atoms with Gasteiger partial charge in [-0.05, 0) is 32.0 Å². The Bertz CT molecular complexity index is 352. The van der Waals surface area contributed by atoms with Crippen LogP contribution in [0.2, 0.25) is 0 Å². The number of nitrogens with zero attached hydrogens (tertiary/aromatic N) is 1. The molecule has 3 nitrogen and oxygen atoms in total. The van der Waals surface area contributed by atoms with E-state index in [0.29, 0.717) is 0 Å². The molecule has 1 unspecified atom stereocenters. The molecule has 0 aromatic heterocycles. The third-order valence-corrected chi connectivity index (χ3v) is 3.01. The second kappa shape index (κ2) is 6.74. The van der Waals surface area contributed by atoms with Crippen molar-refractivity contribution in [2.24, 2.45) is 5.73 Å². The van der Waals surface area contributed by atoms with E-state index in [1.807, 2.05) is 0 Å². The second-order valence-electron chi connectivity index (χ2n) is 4.72. The molecule has 1 aromatic carbocycles. The van der Waals surface area contributed by atoms with Gasteiger partial charge in [0, 0.05) is 26.2 Å². The minimum Gasteiger partial charge on any atom is -0.383 e. The molecule has 1 atom stereocenters. The zero-order valence-corrected chi connectivity index (χ0v) is 11.4. The van der Waals surface area contributed by atoms with E-state index < -0.39 is 0 Å². The standard InChI is InChI=1S/C14H24N2O/c1-11-5-6-13(12(2)9-11)14(15)10-16(3)7-8-17-4/h5-6,9,14H,7-8,10,15H2,1-4H3. The second-order valence-corrected chi connectivity index (χ2v) is 4.72. The Hall–Kier alpha value is -0.900. The lowest BCUT2D eigenvalue weighted by molar-refractivity contribution is 0.158. The summed E-state index contributed by atoms with van der Waals surface area (Å²) in [7, 11) is 3.79. The van der Waals surface area contributed by atoms with Crippen molar-refractivity contribution in [3.05, 3.63) is 34.9 Å². The van der Waals surface area contributed by atoms with E-state index in [1.165, 1.54) is 16.7 Å². The van der Waals surface area contributed by atoms with Gasteiger partial charge in [0.25, 0.3) is 0 Å². The van der Waals surface area contributed by atoms with E-state index in [1.54, 1.807) is 7.11 Å². The van der Waals surface area contributed by atoms with E-state index in [2.05, 4.69) is 44.0 Å². The van der Waals surface area contributed by atoms with Crippen LogP contribution in [0.1, 0.15) is 22.7 Å². The number of likely N-dealkylation sites (N-methyl/N-ethyl adjacent to an activating group) is 1. The van der Waals surface area contributed by atoms with Crippen LogP contribution in [0.4, 0.5) is 0 Å². The van der Waals surface area contributed by atoms with Gasteiger partial charge in [-0.3, -0.25) is 0 Å². The Balaban J connectivity index is 2.60. The Morgan fingerprint density at radius 2 is 2.06 bits per heavy atom. The quantitative estimate of drug-likeness (QED) is 0.819. The number of nitrogens with two attached hydrogens (primary N) is 1. The lowest BCUT2D eigenvalue weighted by Gasteiger charge is -2.22. The summed E-state index contributed by atoms with van der Waals surface area (Å²) < 4.78 is 5.06. The molecular weight excluding hydrogens is 212 g/mol. The molecule has 0 saturated heterocycles. The molecule has 1 rings (SSSR count). The molecule has 0 amide bonds. The highest BCUT2D eigenvalue weighted by Gasteiger charge is 2.11. The molecule has 0 fully saturated rings. The Labute approximate surface area is 105 Å². The third-order valence-electron chi connectivity index (χ3n) is 3.01. The molecule has 0 spiro atoms. The lowest BCUT2D eigenvalue weighted by Crippen LogP contribution is -2.31. The first-order chi connectivity index (χ1) is 8.04. The van der Waals surface area contributed by atoms with E-state index in [9.17, 15) is 0 Å². The van der Waals surface area contributed by atoms with Crippen molar-refractivity contribution in [1.29, 1.82) is 0 Å². The highest BCUT2D eigenvalue weighted by atomic mass is 16.5. The van der Waals surface area contributed by atoms with Crippen LogP contribution in [-0.2, 0) is 4.74 Å². The average Bonchev–Trinajstić information content (AvgIpc) is 2.26. The highest BCUT2D eigenvalue weighted by Crippen LogP contribution is 2.17. The normalized spacial score (nSPS) is 13.1. The van der Waals surface area contributed by atoms with Gasteiger partial charge in [-0.15, -0.1) is 0 Å². The molecule has 0 aliphatic rings. The molecule has 0 saturated carbocycles. The fourth-order valence-corrected chi connectivity index (χ4v) is 2.01. The van der Waals surface area contributed by atoms with Crippen molar-refractivity contribution in [3.8, 4) is 0 Å². The van der Waals surface area contributed by atoms with Crippen molar-refractivity contribution >= 4 is 0 Å². The maximum Gasteiger partial charge on any atom is 0.0589 e. The van der Waals surface area contributed by atoms with Crippen LogP contribution in [0.25, 0.3) is 0 Å². The molecule has 2 N–H and O–H groups in total. The Morgan fingerprint density at radius 3 is 2.65 bits per heavy atom. The fraction of sp³-hybridized carbons (Fsp3) is 0.571. The molecule has 0 aliphatic carbocycles. The van der Waals surface area contributed by atoms with Gasteiger partial charge >= 0.3 is 0 Å². The first kappa shape index (κ1) is 14.2. The minimum atomic E-state index is 0.0671. The summed E-state index contributed by atoms with van der Waals surface area (Å²) in [6, 6.07) is 6.51. The molecule has 96 valence electrons. The van der Waals surface area contributed by atoms with Gasteiger partial charge < -0.3 is 15.4 Å². The van der Waals surface area contributed by atoms with Crippen LogP contribution in [-0.4, -0.2) is 38.8 Å². The summed E-state index contributed by atoms with van der Waals surface area (Å²) in [4.78, 5) is 2.20. The monoisotopic (exact) mass is 236 g/mol. The van der Waals surface area contributed by atoms with Gasteiger partial charge in [-0.2, -0.15) is 0 Å². The predicted molar refractivity (Wildman–Crippen MR) is 72.2 cm³/mol. The van der Waals surface area contributed by atoms with Gasteiger partial charge in [0.15, 0.2) is 0 Å². The summed E-state index contributed by atoms with van der Waals surface area (Å²) in [6.45, 7) is 6.74. The van der Waals surface area contributed by atoms with Gasteiger partial charge in [0.1, 0.15) is 0 Å². The lowest BCUT2D eigenvalue weighted by atomic mass is 9.99. The number of hydrogen-bond donors (Lipinski definition) is 1. The van der Waals surface area contributed by atoms with Crippen LogP contribution in [0.3, 0.4) is 0 Å². The van der Waals surface area contributed by atoms with Crippen LogP contribution < -0.4 is 5.73 Å². The zero-order valence-electron chi connectivity index (χ0n) is 11.4. The summed E-state index contributed by atoms with van der Waals surface area (Å²) in [5.74, 6) is 0. The molecule has 0 heterocycles. The first-order valence-electron chi connectivity index (χ1n) is 6.04. The Morgan fingerprint density at radius 1 is 1.35 bits per heavy atom. The topological polar surface area (TPSA) is 38.5 Å². The average molecular weight is 236 g/mol. The van der Waals surface area contributed by atoms with E-state index in [-0.39, 0.29) is 6.04 Å². The van der Waals surface area contributed by atoms with Crippen molar-refractivity contribution < 1.29 is 4.74 Å². The number of ether oxygens (including phenoxy) is 1. The highest BCUT2D eigenvalue weighted by molar-refractivity contribution is 5.32. The smallest absolute Gasteiger partial charge is 0.0589 e. The van der Waals surface area contributed by atoms with Gasteiger partial charge in [-0.25, -0.2) is 0 Å². The largest absolute Gasteiger partial charge is 0.383 e. The maximum absolute atomic E-state index is 6.24. The maximum atomic E-state index is 6.24. The molecule has 1 aromatic rings. The number of aryl methyl sites for hydroxylation is 2. The van der Waals surface area contributed by atoms with E-state index in [4.69, 9.17) is 10.5 Å². The molecule has 17 heavy (non-hydrogen) atoms. The van der Waals surface area contributed by atoms with Crippen molar-refractivity contribution in [3.63, 3.8) is 0 Å². The van der Waals surface area contributed by atoms with Crippen LogP contribution in [0.15, 0.2) is 18.2 Å². The zero-order chi connectivity index (χ0) is 12.8. The number of methoxy groups -OCH3 is 1. The molecule has 0 radical (unpaired) electrons. The number of rotatable bonds is 6. The Kier molecular flexibility index (Phi) is 5.62. The molecular formula is C14H24N2O. The van der Waals surface area contributed by atoms with E-state index in [0.717, 1.165) is 19.7 Å². The molecule has 3 heteroatoms. The van der Waals surface area contributed by atoms with Gasteiger partial charge in [-0.1, -0.05) is 23.8 Å². The van der Waals surface area contributed by atoms with Crippen molar-refractivity contribution in [2.45, 2.75) is 19.9 Å². The molecule has 0 aliphatic heterocycles. The number of benzene rings is 1. The number of hydrogen-bond acceptors (Lipinski definition) is 3. The third kappa shape index (κ3) is 4.46. The molecule has 0 bridgehead atoms.